The minimum Gasteiger partial charge on any atom is -0.271 e. The number of halogens is 2. The lowest BCUT2D eigenvalue weighted by atomic mass is 9.98. The van der Waals surface area contributed by atoms with Crippen LogP contribution in [0.3, 0.4) is 0 Å². The van der Waals surface area contributed by atoms with Crippen molar-refractivity contribution in [2.45, 2.75) is 110 Å². The maximum Gasteiger partial charge on any atom is 0.263 e. The lowest BCUT2D eigenvalue weighted by molar-refractivity contribution is 0.0563. The van der Waals surface area contributed by atoms with Gasteiger partial charge in [0.05, 0.1) is 28.5 Å². The van der Waals surface area contributed by atoms with Crippen molar-refractivity contribution in [3.63, 3.8) is 0 Å². The van der Waals surface area contributed by atoms with Gasteiger partial charge in [-0.25, -0.2) is 0 Å². The molecule has 4 rings (SSSR count). The van der Waals surface area contributed by atoms with E-state index in [-0.39, 0.29) is 17.9 Å². The second-order valence-corrected chi connectivity index (χ2v) is 16.4. The highest BCUT2D eigenvalue weighted by Gasteiger charge is 2.45. The summed E-state index contributed by atoms with van der Waals surface area (Å²) >= 11 is 12.0. The number of rotatable bonds is 17. The molecule has 0 atom stereocenters. The van der Waals surface area contributed by atoms with Gasteiger partial charge >= 0.3 is 0 Å². The Morgan fingerprint density at radius 2 is 1.03 bits per heavy atom. The molecule has 3 aromatic heterocycles. The monoisotopic (exact) mass is 711 g/mol. The first-order valence-corrected chi connectivity index (χ1v) is 18.6. The third-order valence-electron chi connectivity index (χ3n) is 7.51. The first kappa shape index (κ1) is 31.1. The molecule has 0 radical (unpaired) electrons. The Hall–Kier alpha value is -0.800. The van der Waals surface area contributed by atoms with Gasteiger partial charge in [0.2, 0.25) is 0 Å². The van der Waals surface area contributed by atoms with Gasteiger partial charge in [0, 0.05) is 15.8 Å². The fraction of sp³-hybridized carbons (Fsp3) is 0.548. The van der Waals surface area contributed by atoms with E-state index >= 15 is 0 Å². The standard InChI is InChI=1S/C31H39Br2NO2S3/c1-3-5-7-9-11-13-15-21(16-14-12-10-8-6-4-2)34-30(35)26-27(31(34)36)29(23-18-20-25(33)38-23)39-28(26)22-17-19-24(32)37-22/h17-21H,3-16H2,1-2H3. The zero-order valence-corrected chi connectivity index (χ0v) is 28.7. The molecule has 0 bridgehead atoms. The van der Waals surface area contributed by atoms with Crippen LogP contribution in [0.2, 0.25) is 0 Å². The molecule has 1 aliphatic heterocycles. The normalized spacial score (nSPS) is 13.3. The van der Waals surface area contributed by atoms with Crippen molar-refractivity contribution in [2.75, 3.05) is 0 Å². The highest BCUT2D eigenvalue weighted by molar-refractivity contribution is 9.11. The van der Waals surface area contributed by atoms with Crippen LogP contribution in [0, 0.1) is 0 Å². The lowest BCUT2D eigenvalue weighted by Gasteiger charge is -2.27. The summed E-state index contributed by atoms with van der Waals surface area (Å²) in [6.07, 6.45) is 16.4. The summed E-state index contributed by atoms with van der Waals surface area (Å²) < 4.78 is 2.05. The van der Waals surface area contributed by atoms with Gasteiger partial charge in [0.15, 0.2) is 0 Å². The van der Waals surface area contributed by atoms with Crippen molar-refractivity contribution < 1.29 is 9.59 Å². The molecule has 212 valence electrons. The van der Waals surface area contributed by atoms with Gasteiger partial charge in [-0.3, -0.25) is 14.5 Å². The molecule has 4 heterocycles. The molecule has 39 heavy (non-hydrogen) atoms. The third-order valence-corrected chi connectivity index (χ3v) is 12.3. The number of carbonyl (C=O) groups is 2. The number of imide groups is 1. The number of thiophene rings is 3. The Balaban J connectivity index is 1.60. The average Bonchev–Trinajstić information content (AvgIpc) is 3.68. The molecule has 0 saturated heterocycles. The predicted molar refractivity (Wildman–Crippen MR) is 177 cm³/mol. The van der Waals surface area contributed by atoms with Crippen LogP contribution in [0.4, 0.5) is 0 Å². The minimum absolute atomic E-state index is 0.0226. The van der Waals surface area contributed by atoms with E-state index in [1.165, 1.54) is 64.2 Å². The summed E-state index contributed by atoms with van der Waals surface area (Å²) in [5.74, 6) is -0.177. The minimum atomic E-state index is -0.0883. The lowest BCUT2D eigenvalue weighted by Crippen LogP contribution is -2.40. The number of nitrogens with zero attached hydrogens (tertiary/aromatic N) is 1. The van der Waals surface area contributed by atoms with Crippen molar-refractivity contribution in [2.24, 2.45) is 0 Å². The fourth-order valence-corrected chi connectivity index (χ4v) is 9.74. The summed E-state index contributed by atoms with van der Waals surface area (Å²) in [4.78, 5) is 33.9. The summed E-state index contributed by atoms with van der Waals surface area (Å²) in [6, 6.07) is 8.13. The average molecular weight is 714 g/mol. The van der Waals surface area contributed by atoms with Crippen LogP contribution in [-0.2, 0) is 0 Å². The molecule has 3 nitrogen and oxygen atoms in total. The van der Waals surface area contributed by atoms with Crippen LogP contribution in [0.5, 0.6) is 0 Å². The molecule has 0 saturated carbocycles. The summed E-state index contributed by atoms with van der Waals surface area (Å²) in [6.45, 7) is 4.48. The van der Waals surface area contributed by atoms with E-state index in [0.29, 0.717) is 11.1 Å². The van der Waals surface area contributed by atoms with Crippen molar-refractivity contribution in [3.05, 3.63) is 43.0 Å². The SMILES string of the molecule is CCCCCCCCC(CCCCCCCC)N1C(=O)c2c(-c3ccc(Br)s3)sc(-c3ccc(Br)s3)c2C1=O. The number of fused-ring (bicyclic) bond motifs is 1. The topological polar surface area (TPSA) is 37.4 Å². The van der Waals surface area contributed by atoms with Gasteiger partial charge in [-0.2, -0.15) is 0 Å². The summed E-state index contributed by atoms with van der Waals surface area (Å²) in [5.41, 5.74) is 1.24. The van der Waals surface area contributed by atoms with E-state index < -0.39 is 0 Å². The fourth-order valence-electron chi connectivity index (χ4n) is 5.45. The highest BCUT2D eigenvalue weighted by Crippen LogP contribution is 2.50. The smallest absolute Gasteiger partial charge is 0.263 e. The third kappa shape index (κ3) is 7.73. The predicted octanol–water partition coefficient (Wildman–Crippen LogP) is 12.2. The largest absolute Gasteiger partial charge is 0.271 e. The van der Waals surface area contributed by atoms with Crippen molar-refractivity contribution in [3.8, 4) is 19.5 Å². The van der Waals surface area contributed by atoms with E-state index in [2.05, 4.69) is 57.8 Å². The Morgan fingerprint density at radius 3 is 1.41 bits per heavy atom. The molecule has 3 aromatic rings. The van der Waals surface area contributed by atoms with Crippen molar-refractivity contribution in [1.82, 2.24) is 4.90 Å². The maximum absolute atomic E-state index is 14.1. The van der Waals surface area contributed by atoms with Crippen LogP contribution in [0.15, 0.2) is 31.8 Å². The van der Waals surface area contributed by atoms with Gasteiger partial charge in [0.1, 0.15) is 0 Å². The molecule has 8 heteroatoms. The summed E-state index contributed by atoms with van der Waals surface area (Å²) in [5, 5.41) is 0. The Morgan fingerprint density at radius 1 is 0.615 bits per heavy atom. The molecule has 0 unspecified atom stereocenters. The quantitative estimate of drug-likeness (QED) is 0.103. The van der Waals surface area contributed by atoms with Crippen LogP contribution < -0.4 is 0 Å². The van der Waals surface area contributed by atoms with Crippen molar-refractivity contribution >= 4 is 77.7 Å². The number of unbranched alkanes of at least 4 members (excludes halogenated alkanes) is 10. The molecule has 1 aliphatic rings. The van der Waals surface area contributed by atoms with E-state index in [4.69, 9.17) is 0 Å². The van der Waals surface area contributed by atoms with Gasteiger partial charge < -0.3 is 0 Å². The van der Waals surface area contributed by atoms with Gasteiger partial charge in [-0.1, -0.05) is 90.9 Å². The zero-order chi connectivity index (χ0) is 27.8. The zero-order valence-electron chi connectivity index (χ0n) is 23.0. The second kappa shape index (κ2) is 15.4. The number of hydrogen-bond donors (Lipinski definition) is 0. The Bertz CT molecular complexity index is 1150. The molecule has 0 aromatic carbocycles. The van der Waals surface area contributed by atoms with Crippen LogP contribution in [0.1, 0.15) is 124 Å². The van der Waals surface area contributed by atoms with E-state index in [9.17, 15) is 9.59 Å². The van der Waals surface area contributed by atoms with Crippen LogP contribution in [-0.4, -0.2) is 22.8 Å². The number of carbonyl (C=O) groups excluding carboxylic acids is 2. The Labute approximate surface area is 262 Å². The molecular formula is C31H39Br2NO2S3. The first-order valence-electron chi connectivity index (χ1n) is 14.5. The van der Waals surface area contributed by atoms with Crippen LogP contribution >= 0.6 is 65.9 Å². The van der Waals surface area contributed by atoms with E-state index in [1.54, 1.807) is 38.9 Å². The summed E-state index contributed by atoms with van der Waals surface area (Å²) in [7, 11) is 0. The number of amides is 2. The second-order valence-electron chi connectivity index (χ2n) is 10.5. The van der Waals surface area contributed by atoms with E-state index in [1.807, 2.05) is 12.1 Å². The van der Waals surface area contributed by atoms with Gasteiger partial charge in [-0.05, 0) is 69.0 Å². The highest BCUT2D eigenvalue weighted by atomic mass is 79.9. The molecule has 0 fully saturated rings. The number of hydrogen-bond acceptors (Lipinski definition) is 5. The molecule has 0 spiro atoms. The maximum atomic E-state index is 14.1. The van der Waals surface area contributed by atoms with Crippen LogP contribution in [0.25, 0.3) is 19.5 Å². The molecule has 2 amide bonds. The Kier molecular flexibility index (Phi) is 12.3. The van der Waals surface area contributed by atoms with E-state index in [0.717, 1.165) is 52.8 Å². The van der Waals surface area contributed by atoms with Gasteiger partial charge in [-0.15, -0.1) is 34.0 Å². The molecule has 0 N–H and O–H groups in total. The van der Waals surface area contributed by atoms with Crippen molar-refractivity contribution in [1.29, 1.82) is 0 Å². The molecular weight excluding hydrogens is 674 g/mol. The van der Waals surface area contributed by atoms with Gasteiger partial charge in [0.25, 0.3) is 11.8 Å². The first-order chi connectivity index (χ1) is 19.0. The molecule has 0 aliphatic carbocycles.